The number of amides is 1. The second kappa shape index (κ2) is 8.77. The fourth-order valence-corrected chi connectivity index (χ4v) is 4.65. The van der Waals surface area contributed by atoms with Gasteiger partial charge < -0.3 is 9.64 Å². The topological polar surface area (TPSA) is 75.7 Å². The number of nitrogens with zero attached hydrogens (tertiary/aromatic N) is 1. The SMILES string of the molecule is COC[C@H](C)NS(=O)(=O)c1ccc(C(=O)N(C)Cc2sccc2C)cc1. The summed E-state index contributed by atoms with van der Waals surface area (Å²) in [5.41, 5.74) is 1.61. The smallest absolute Gasteiger partial charge is 0.253 e. The highest BCUT2D eigenvalue weighted by Crippen LogP contribution is 2.19. The molecule has 0 fully saturated rings. The van der Waals surface area contributed by atoms with Crippen molar-refractivity contribution >= 4 is 27.3 Å². The summed E-state index contributed by atoms with van der Waals surface area (Å²) >= 11 is 1.61. The number of hydrogen-bond donors (Lipinski definition) is 1. The van der Waals surface area contributed by atoms with Crippen LogP contribution >= 0.6 is 11.3 Å². The average Bonchev–Trinajstić information content (AvgIpc) is 2.99. The van der Waals surface area contributed by atoms with E-state index in [1.165, 1.54) is 31.4 Å². The lowest BCUT2D eigenvalue weighted by atomic mass is 10.2. The lowest BCUT2D eigenvalue weighted by Gasteiger charge is -2.17. The molecule has 1 amide bonds. The number of nitrogens with one attached hydrogen (secondary N) is 1. The number of carbonyl (C=O) groups is 1. The molecule has 1 aromatic heterocycles. The van der Waals surface area contributed by atoms with Gasteiger partial charge in [0.2, 0.25) is 10.0 Å². The molecule has 0 unspecified atom stereocenters. The molecule has 0 spiro atoms. The number of hydrogen-bond acceptors (Lipinski definition) is 5. The molecule has 0 bridgehead atoms. The minimum atomic E-state index is -3.64. The van der Waals surface area contributed by atoms with E-state index in [0.717, 1.165) is 10.4 Å². The highest BCUT2D eigenvalue weighted by molar-refractivity contribution is 7.89. The Labute approximate surface area is 158 Å². The molecule has 8 heteroatoms. The predicted molar refractivity (Wildman–Crippen MR) is 103 cm³/mol. The molecule has 0 aliphatic carbocycles. The molecule has 1 heterocycles. The van der Waals surface area contributed by atoms with Gasteiger partial charge in [0.15, 0.2) is 0 Å². The number of benzene rings is 1. The summed E-state index contributed by atoms with van der Waals surface area (Å²) in [5, 5.41) is 2.00. The van der Waals surface area contributed by atoms with E-state index >= 15 is 0 Å². The molecule has 1 aromatic carbocycles. The third-order valence-electron chi connectivity index (χ3n) is 3.88. The van der Waals surface area contributed by atoms with Gasteiger partial charge in [-0.15, -0.1) is 11.3 Å². The Morgan fingerprint density at radius 1 is 1.27 bits per heavy atom. The van der Waals surface area contributed by atoms with Gasteiger partial charge in [-0.2, -0.15) is 0 Å². The molecule has 0 saturated carbocycles. The summed E-state index contributed by atoms with van der Waals surface area (Å²) in [6.07, 6.45) is 0. The van der Waals surface area contributed by atoms with Crippen LogP contribution in [-0.4, -0.2) is 46.0 Å². The number of sulfonamides is 1. The van der Waals surface area contributed by atoms with Crippen molar-refractivity contribution < 1.29 is 17.9 Å². The average molecular weight is 397 g/mol. The summed E-state index contributed by atoms with van der Waals surface area (Å²) in [7, 11) is -0.395. The van der Waals surface area contributed by atoms with Crippen molar-refractivity contribution in [3.8, 4) is 0 Å². The van der Waals surface area contributed by atoms with Crippen LogP contribution in [0.2, 0.25) is 0 Å². The zero-order valence-corrected chi connectivity index (χ0v) is 17.0. The van der Waals surface area contributed by atoms with Gasteiger partial charge in [-0.25, -0.2) is 13.1 Å². The van der Waals surface area contributed by atoms with Gasteiger partial charge >= 0.3 is 0 Å². The Morgan fingerprint density at radius 2 is 1.92 bits per heavy atom. The zero-order chi connectivity index (χ0) is 19.3. The molecule has 1 N–H and O–H groups in total. The molecule has 26 heavy (non-hydrogen) atoms. The molecule has 0 aliphatic heterocycles. The van der Waals surface area contributed by atoms with E-state index in [0.29, 0.717) is 12.1 Å². The fourth-order valence-electron chi connectivity index (χ4n) is 2.47. The molecule has 142 valence electrons. The maximum Gasteiger partial charge on any atom is 0.253 e. The highest BCUT2D eigenvalue weighted by atomic mass is 32.2. The first-order valence-electron chi connectivity index (χ1n) is 8.14. The quantitative estimate of drug-likeness (QED) is 0.744. The minimum Gasteiger partial charge on any atom is -0.383 e. The molecular formula is C18H24N2O4S2. The van der Waals surface area contributed by atoms with Crippen LogP contribution in [-0.2, 0) is 21.3 Å². The molecule has 6 nitrogen and oxygen atoms in total. The summed E-state index contributed by atoms with van der Waals surface area (Å²) in [5.74, 6) is -0.151. The van der Waals surface area contributed by atoms with Crippen molar-refractivity contribution in [2.75, 3.05) is 20.8 Å². The Kier molecular flexibility index (Phi) is 6.94. The molecule has 0 radical (unpaired) electrons. The fraction of sp³-hybridized carbons (Fsp3) is 0.389. The molecule has 0 aliphatic rings. The Hall–Kier alpha value is -1.74. The second-order valence-electron chi connectivity index (χ2n) is 6.19. The third-order valence-corrected chi connectivity index (χ3v) is 6.49. The molecular weight excluding hydrogens is 372 g/mol. The lowest BCUT2D eigenvalue weighted by molar-refractivity contribution is 0.0786. The number of carbonyl (C=O) groups excluding carboxylic acids is 1. The van der Waals surface area contributed by atoms with Crippen LogP contribution in [0.3, 0.4) is 0 Å². The van der Waals surface area contributed by atoms with E-state index in [4.69, 9.17) is 4.74 Å². The molecule has 2 aromatic rings. The predicted octanol–water partition coefficient (Wildman–Crippen LogP) is 2.64. The van der Waals surface area contributed by atoms with Crippen LogP contribution in [0, 0.1) is 6.92 Å². The van der Waals surface area contributed by atoms with Crippen molar-refractivity contribution in [1.82, 2.24) is 9.62 Å². The maximum atomic E-state index is 12.6. The lowest BCUT2D eigenvalue weighted by Crippen LogP contribution is -2.35. The standard InChI is InChI=1S/C18H24N2O4S2/c1-13-9-10-25-17(13)11-20(3)18(21)15-5-7-16(8-6-15)26(22,23)19-14(2)12-24-4/h5-10,14,19H,11-12H2,1-4H3/t14-/m0/s1. The van der Waals surface area contributed by atoms with Gasteiger partial charge in [0.05, 0.1) is 18.0 Å². The van der Waals surface area contributed by atoms with Crippen molar-refractivity contribution in [2.45, 2.75) is 31.3 Å². The second-order valence-corrected chi connectivity index (χ2v) is 8.90. The first-order valence-corrected chi connectivity index (χ1v) is 10.5. The van der Waals surface area contributed by atoms with Gasteiger partial charge in [-0.3, -0.25) is 4.79 Å². The van der Waals surface area contributed by atoms with Crippen molar-refractivity contribution in [3.05, 3.63) is 51.7 Å². The Balaban J connectivity index is 2.08. The van der Waals surface area contributed by atoms with Gasteiger partial charge in [-0.1, -0.05) is 0 Å². The largest absolute Gasteiger partial charge is 0.383 e. The first-order chi connectivity index (χ1) is 12.2. The van der Waals surface area contributed by atoms with Gasteiger partial charge in [-0.05, 0) is 55.1 Å². The van der Waals surface area contributed by atoms with E-state index in [1.54, 1.807) is 30.2 Å². The van der Waals surface area contributed by atoms with E-state index < -0.39 is 10.0 Å². The normalized spacial score (nSPS) is 12.8. The summed E-state index contributed by atoms with van der Waals surface area (Å²) in [6.45, 7) is 4.54. The first kappa shape index (κ1) is 20.6. The van der Waals surface area contributed by atoms with E-state index in [2.05, 4.69) is 4.72 Å². The van der Waals surface area contributed by atoms with Crippen molar-refractivity contribution in [2.24, 2.45) is 0 Å². The molecule has 2 rings (SSSR count). The van der Waals surface area contributed by atoms with Gasteiger partial charge in [0.25, 0.3) is 5.91 Å². The number of rotatable bonds is 8. The third kappa shape index (κ3) is 5.14. The minimum absolute atomic E-state index is 0.119. The van der Waals surface area contributed by atoms with Gasteiger partial charge in [0.1, 0.15) is 0 Å². The van der Waals surface area contributed by atoms with Crippen LogP contribution in [0.25, 0.3) is 0 Å². The van der Waals surface area contributed by atoms with E-state index in [9.17, 15) is 13.2 Å². The van der Waals surface area contributed by atoms with Crippen LogP contribution in [0.15, 0.2) is 40.6 Å². The van der Waals surface area contributed by atoms with Crippen LogP contribution < -0.4 is 4.72 Å². The summed E-state index contributed by atoms with van der Waals surface area (Å²) < 4.78 is 32.1. The van der Waals surface area contributed by atoms with E-state index in [1.807, 2.05) is 18.4 Å². The zero-order valence-electron chi connectivity index (χ0n) is 15.4. The Bertz CT molecular complexity index is 844. The van der Waals surface area contributed by atoms with Crippen molar-refractivity contribution in [3.63, 3.8) is 0 Å². The molecule has 0 saturated heterocycles. The van der Waals surface area contributed by atoms with Crippen LogP contribution in [0.1, 0.15) is 27.7 Å². The molecule has 1 atom stereocenters. The summed E-state index contributed by atoms with van der Waals surface area (Å²) in [6, 6.07) is 7.64. The van der Waals surface area contributed by atoms with Crippen molar-refractivity contribution in [1.29, 1.82) is 0 Å². The number of thiophene rings is 1. The number of aryl methyl sites for hydroxylation is 1. The van der Waals surface area contributed by atoms with Crippen LogP contribution in [0.5, 0.6) is 0 Å². The number of ether oxygens (including phenoxy) is 1. The Morgan fingerprint density at radius 3 is 2.46 bits per heavy atom. The highest BCUT2D eigenvalue weighted by Gasteiger charge is 2.19. The van der Waals surface area contributed by atoms with E-state index in [-0.39, 0.29) is 23.5 Å². The number of methoxy groups -OCH3 is 1. The monoisotopic (exact) mass is 396 g/mol. The maximum absolute atomic E-state index is 12.6. The summed E-state index contributed by atoms with van der Waals surface area (Å²) in [4.78, 5) is 15.4. The van der Waals surface area contributed by atoms with Crippen LogP contribution in [0.4, 0.5) is 0 Å². The van der Waals surface area contributed by atoms with Gasteiger partial charge in [0, 0.05) is 30.6 Å².